The number of aryl methyl sites for hydroxylation is 2. The maximum atomic E-state index is 13.3. The molecule has 2 N–H and O–H groups in total. The Bertz CT molecular complexity index is 1010. The van der Waals surface area contributed by atoms with Crippen molar-refractivity contribution in [2.75, 3.05) is 5.32 Å². The quantitative estimate of drug-likeness (QED) is 0.671. The first-order valence-electron chi connectivity index (χ1n) is 7.86. The number of carboxylic acid groups (broad SMARTS) is 1. The number of aromatic carboxylic acids is 1. The number of benzene rings is 2. The zero-order chi connectivity index (χ0) is 18.8. The second-order valence-electron chi connectivity index (χ2n) is 5.92. The molecule has 3 aromatic rings. The Balaban J connectivity index is 1.98. The fourth-order valence-corrected chi connectivity index (χ4v) is 3.55. The predicted molar refractivity (Wildman–Crippen MR) is 101 cm³/mol. The highest BCUT2D eigenvalue weighted by Crippen LogP contribution is 2.36. The van der Waals surface area contributed by atoms with Gasteiger partial charge in [-0.15, -0.1) is 11.3 Å². The Kier molecular flexibility index (Phi) is 4.86. The van der Waals surface area contributed by atoms with Crippen molar-refractivity contribution in [1.29, 1.82) is 0 Å². The van der Waals surface area contributed by atoms with Crippen LogP contribution in [-0.2, 0) is 0 Å². The van der Waals surface area contributed by atoms with Crippen LogP contribution < -0.4 is 5.32 Å². The molecule has 0 saturated carbocycles. The molecule has 0 atom stereocenters. The molecule has 3 rings (SSSR count). The molecule has 1 amide bonds. The number of amides is 1. The molecule has 1 aromatic heterocycles. The minimum atomic E-state index is -1.13. The van der Waals surface area contributed by atoms with Crippen molar-refractivity contribution in [2.24, 2.45) is 0 Å². The summed E-state index contributed by atoms with van der Waals surface area (Å²) in [6.45, 7) is 3.94. The van der Waals surface area contributed by atoms with Gasteiger partial charge in [-0.25, -0.2) is 9.18 Å². The van der Waals surface area contributed by atoms with Crippen molar-refractivity contribution in [2.45, 2.75) is 13.8 Å². The molecule has 0 bridgehead atoms. The zero-order valence-electron chi connectivity index (χ0n) is 14.2. The van der Waals surface area contributed by atoms with Gasteiger partial charge in [0, 0.05) is 16.5 Å². The summed E-state index contributed by atoms with van der Waals surface area (Å²) in [6, 6.07) is 10.9. The minimum Gasteiger partial charge on any atom is -0.478 e. The van der Waals surface area contributed by atoms with Gasteiger partial charge in [-0.2, -0.15) is 0 Å². The van der Waals surface area contributed by atoms with Crippen molar-refractivity contribution in [3.05, 3.63) is 75.9 Å². The number of hydrogen-bond acceptors (Lipinski definition) is 3. The van der Waals surface area contributed by atoms with Crippen LogP contribution in [0.2, 0.25) is 0 Å². The molecule has 0 fully saturated rings. The Morgan fingerprint density at radius 1 is 1.08 bits per heavy atom. The van der Waals surface area contributed by atoms with Gasteiger partial charge < -0.3 is 10.4 Å². The number of hydrogen-bond donors (Lipinski definition) is 2. The molecule has 1 heterocycles. The maximum Gasteiger partial charge on any atom is 0.339 e. The van der Waals surface area contributed by atoms with Crippen molar-refractivity contribution in [3.63, 3.8) is 0 Å². The molecular weight excluding hydrogens is 353 g/mol. The van der Waals surface area contributed by atoms with Gasteiger partial charge in [-0.1, -0.05) is 24.3 Å². The summed E-state index contributed by atoms with van der Waals surface area (Å²) in [5, 5.41) is 14.2. The van der Waals surface area contributed by atoms with Crippen LogP contribution in [0.3, 0.4) is 0 Å². The summed E-state index contributed by atoms with van der Waals surface area (Å²) >= 11 is 1.13. The first kappa shape index (κ1) is 17.8. The lowest BCUT2D eigenvalue weighted by molar-refractivity contribution is 0.0699. The van der Waals surface area contributed by atoms with Gasteiger partial charge in [0.25, 0.3) is 5.91 Å². The molecule has 26 heavy (non-hydrogen) atoms. The lowest BCUT2D eigenvalue weighted by atomic mass is 9.99. The van der Waals surface area contributed by atoms with Crippen LogP contribution in [0.15, 0.2) is 47.8 Å². The standard InChI is InChI=1S/C20H16FNO3S/c1-11-6-7-13(8-12(11)2)16-10-26-19(17(16)20(24)25)22-18(23)14-4-3-5-15(21)9-14/h3-10H,1-2H3,(H,22,23)(H,24,25). The second kappa shape index (κ2) is 7.09. The number of anilines is 1. The first-order valence-corrected chi connectivity index (χ1v) is 8.74. The highest BCUT2D eigenvalue weighted by Gasteiger charge is 2.21. The van der Waals surface area contributed by atoms with E-state index in [1.807, 2.05) is 32.0 Å². The van der Waals surface area contributed by atoms with Crippen molar-refractivity contribution in [3.8, 4) is 11.1 Å². The van der Waals surface area contributed by atoms with Gasteiger partial charge in [0.15, 0.2) is 0 Å². The summed E-state index contributed by atoms with van der Waals surface area (Å²) < 4.78 is 13.3. The van der Waals surface area contributed by atoms with E-state index in [1.165, 1.54) is 18.2 Å². The second-order valence-corrected chi connectivity index (χ2v) is 6.80. The first-order chi connectivity index (χ1) is 12.4. The summed E-state index contributed by atoms with van der Waals surface area (Å²) in [5.74, 6) is -2.22. The number of thiophene rings is 1. The Labute approximate surface area is 153 Å². The van der Waals surface area contributed by atoms with Crippen LogP contribution in [0.1, 0.15) is 31.8 Å². The van der Waals surface area contributed by atoms with Gasteiger partial charge in [-0.05, 0) is 48.7 Å². The molecule has 2 aromatic carbocycles. The lowest BCUT2D eigenvalue weighted by Gasteiger charge is -2.08. The Morgan fingerprint density at radius 3 is 2.50 bits per heavy atom. The highest BCUT2D eigenvalue weighted by molar-refractivity contribution is 7.15. The average Bonchev–Trinajstić information content (AvgIpc) is 3.01. The predicted octanol–water partition coefficient (Wildman–Crippen LogP) is 5.12. The summed E-state index contributed by atoms with van der Waals surface area (Å²) in [6.07, 6.45) is 0. The van der Waals surface area contributed by atoms with Gasteiger partial charge in [0.2, 0.25) is 0 Å². The van der Waals surface area contributed by atoms with Crippen LogP contribution in [0.25, 0.3) is 11.1 Å². The topological polar surface area (TPSA) is 66.4 Å². The van der Waals surface area contributed by atoms with E-state index in [1.54, 1.807) is 5.38 Å². The number of nitrogens with one attached hydrogen (secondary N) is 1. The van der Waals surface area contributed by atoms with Gasteiger partial charge in [0.05, 0.1) is 0 Å². The number of halogens is 1. The fourth-order valence-electron chi connectivity index (χ4n) is 2.59. The average molecular weight is 369 g/mol. The van der Waals surface area contributed by atoms with E-state index in [9.17, 15) is 19.1 Å². The number of carbonyl (C=O) groups is 2. The van der Waals surface area contributed by atoms with Gasteiger partial charge >= 0.3 is 5.97 Å². The van der Waals surface area contributed by atoms with Crippen LogP contribution in [-0.4, -0.2) is 17.0 Å². The molecule has 0 aliphatic heterocycles. The van der Waals surface area contributed by atoms with E-state index < -0.39 is 17.7 Å². The number of carboxylic acids is 1. The molecule has 0 saturated heterocycles. The maximum absolute atomic E-state index is 13.3. The molecule has 132 valence electrons. The largest absolute Gasteiger partial charge is 0.478 e. The Morgan fingerprint density at radius 2 is 1.85 bits per heavy atom. The van der Waals surface area contributed by atoms with E-state index in [0.717, 1.165) is 34.1 Å². The fraction of sp³-hybridized carbons (Fsp3) is 0.100. The molecule has 4 nitrogen and oxygen atoms in total. The third kappa shape index (κ3) is 3.50. The van der Waals surface area contributed by atoms with E-state index in [2.05, 4.69) is 5.32 Å². The monoisotopic (exact) mass is 369 g/mol. The molecule has 0 spiro atoms. The zero-order valence-corrected chi connectivity index (χ0v) is 15.0. The third-order valence-corrected chi connectivity index (χ3v) is 5.03. The number of carbonyl (C=O) groups excluding carboxylic acids is 1. The van der Waals surface area contributed by atoms with Crippen LogP contribution in [0.5, 0.6) is 0 Å². The van der Waals surface area contributed by atoms with Crippen LogP contribution in [0, 0.1) is 19.7 Å². The molecule has 0 aliphatic carbocycles. The molecule has 0 aliphatic rings. The molecule has 0 unspecified atom stereocenters. The SMILES string of the molecule is Cc1ccc(-c2csc(NC(=O)c3cccc(F)c3)c2C(=O)O)cc1C. The summed E-state index contributed by atoms with van der Waals surface area (Å²) in [7, 11) is 0. The Hall–Kier alpha value is -2.99. The summed E-state index contributed by atoms with van der Waals surface area (Å²) in [5.41, 5.74) is 3.63. The van der Waals surface area contributed by atoms with Crippen LogP contribution in [0.4, 0.5) is 9.39 Å². The van der Waals surface area contributed by atoms with Crippen molar-refractivity contribution >= 4 is 28.2 Å². The van der Waals surface area contributed by atoms with E-state index in [4.69, 9.17) is 0 Å². The normalized spacial score (nSPS) is 10.6. The van der Waals surface area contributed by atoms with Crippen LogP contribution >= 0.6 is 11.3 Å². The van der Waals surface area contributed by atoms with Crippen molar-refractivity contribution < 1.29 is 19.1 Å². The van der Waals surface area contributed by atoms with Crippen molar-refractivity contribution in [1.82, 2.24) is 0 Å². The van der Waals surface area contributed by atoms with E-state index >= 15 is 0 Å². The lowest BCUT2D eigenvalue weighted by Crippen LogP contribution is -2.13. The smallest absolute Gasteiger partial charge is 0.339 e. The van der Waals surface area contributed by atoms with Gasteiger partial charge in [-0.3, -0.25) is 4.79 Å². The van der Waals surface area contributed by atoms with Gasteiger partial charge in [0.1, 0.15) is 16.4 Å². The van der Waals surface area contributed by atoms with E-state index in [0.29, 0.717) is 5.56 Å². The van der Waals surface area contributed by atoms with E-state index in [-0.39, 0.29) is 16.1 Å². The minimum absolute atomic E-state index is 0.0306. The molecule has 6 heteroatoms. The summed E-state index contributed by atoms with van der Waals surface area (Å²) in [4.78, 5) is 24.1. The third-order valence-electron chi connectivity index (χ3n) is 4.14. The molecular formula is C20H16FNO3S. The molecule has 0 radical (unpaired) electrons. The highest BCUT2D eigenvalue weighted by atomic mass is 32.1. The number of rotatable bonds is 4.